The van der Waals surface area contributed by atoms with Crippen LogP contribution in [-0.4, -0.2) is 41.3 Å². The molecule has 0 aliphatic carbocycles. The van der Waals surface area contributed by atoms with E-state index in [1.54, 1.807) is 11.1 Å². The van der Waals surface area contributed by atoms with Gasteiger partial charge in [0.25, 0.3) is 0 Å². The number of rotatable bonds is 4. The predicted molar refractivity (Wildman–Crippen MR) is 79.8 cm³/mol. The van der Waals surface area contributed by atoms with Gasteiger partial charge in [-0.25, -0.2) is 4.79 Å². The van der Waals surface area contributed by atoms with Crippen molar-refractivity contribution in [1.82, 2.24) is 9.88 Å². The number of carbonyl (C=O) groups excluding carboxylic acids is 1. The summed E-state index contributed by atoms with van der Waals surface area (Å²) in [5, 5.41) is 0. The summed E-state index contributed by atoms with van der Waals surface area (Å²) >= 11 is 0. The van der Waals surface area contributed by atoms with Gasteiger partial charge in [-0.2, -0.15) is 0 Å². The molecule has 1 fully saturated rings. The third-order valence-electron chi connectivity index (χ3n) is 3.27. The van der Waals surface area contributed by atoms with Crippen LogP contribution in [0.2, 0.25) is 0 Å². The Morgan fingerprint density at radius 3 is 2.90 bits per heavy atom. The second-order valence-corrected chi connectivity index (χ2v) is 6.42. The van der Waals surface area contributed by atoms with Crippen molar-refractivity contribution in [1.29, 1.82) is 0 Å². The van der Waals surface area contributed by atoms with Gasteiger partial charge in [0.15, 0.2) is 0 Å². The number of amides is 1. The number of likely N-dealkylation sites (tertiary alicyclic amines) is 1. The monoisotopic (exact) mass is 292 g/mol. The molecule has 1 aliphatic heterocycles. The Balaban J connectivity index is 1.69. The normalized spacial score (nSPS) is 18.8. The van der Waals surface area contributed by atoms with Gasteiger partial charge in [0, 0.05) is 25.2 Å². The highest BCUT2D eigenvalue weighted by Crippen LogP contribution is 2.20. The largest absolute Gasteiger partial charge is 0.444 e. The highest BCUT2D eigenvalue weighted by atomic mass is 16.6. The van der Waals surface area contributed by atoms with Gasteiger partial charge in [-0.15, -0.1) is 0 Å². The number of carbonyl (C=O) groups is 1. The zero-order chi connectivity index (χ0) is 15.3. The minimum atomic E-state index is -0.440. The molecule has 1 amide bonds. The first-order chi connectivity index (χ1) is 9.94. The van der Waals surface area contributed by atoms with E-state index in [1.165, 1.54) is 0 Å². The van der Waals surface area contributed by atoms with Crippen LogP contribution < -0.4 is 0 Å². The van der Waals surface area contributed by atoms with E-state index in [4.69, 9.17) is 9.47 Å². The molecule has 116 valence electrons. The molecule has 0 aromatic carbocycles. The molecule has 0 saturated carbocycles. The number of nitrogens with zero attached hydrogens (tertiary/aromatic N) is 2. The lowest BCUT2D eigenvalue weighted by Gasteiger charge is -2.24. The molecule has 1 aromatic heterocycles. The molecule has 5 nitrogen and oxygen atoms in total. The predicted octanol–water partition coefficient (Wildman–Crippen LogP) is 2.86. The Kier molecular flexibility index (Phi) is 5.17. The van der Waals surface area contributed by atoms with Crippen molar-refractivity contribution >= 4 is 6.09 Å². The van der Waals surface area contributed by atoms with Crippen LogP contribution in [0.15, 0.2) is 24.4 Å². The van der Waals surface area contributed by atoms with Crippen LogP contribution in [0.4, 0.5) is 4.79 Å². The van der Waals surface area contributed by atoms with E-state index in [1.807, 2.05) is 39.0 Å². The molecule has 2 heterocycles. The van der Waals surface area contributed by atoms with Crippen LogP contribution in [-0.2, 0) is 16.1 Å². The van der Waals surface area contributed by atoms with Gasteiger partial charge < -0.3 is 14.4 Å². The van der Waals surface area contributed by atoms with Crippen molar-refractivity contribution in [3.63, 3.8) is 0 Å². The molecule has 1 aromatic rings. The summed E-state index contributed by atoms with van der Waals surface area (Å²) in [7, 11) is 0. The van der Waals surface area contributed by atoms with Crippen LogP contribution >= 0.6 is 0 Å². The molecule has 0 N–H and O–H groups in total. The summed E-state index contributed by atoms with van der Waals surface area (Å²) in [6.45, 7) is 8.26. The fourth-order valence-corrected chi connectivity index (χ4v) is 2.27. The average Bonchev–Trinajstić information content (AvgIpc) is 2.87. The molecule has 0 spiro atoms. The van der Waals surface area contributed by atoms with E-state index < -0.39 is 5.60 Å². The van der Waals surface area contributed by atoms with Crippen LogP contribution in [0.1, 0.15) is 32.9 Å². The zero-order valence-electron chi connectivity index (χ0n) is 13.0. The van der Waals surface area contributed by atoms with Gasteiger partial charge in [0.1, 0.15) is 5.60 Å². The first-order valence-electron chi connectivity index (χ1n) is 7.39. The van der Waals surface area contributed by atoms with Crippen molar-refractivity contribution in [2.45, 2.75) is 39.4 Å². The highest BCUT2D eigenvalue weighted by Gasteiger charge is 2.29. The van der Waals surface area contributed by atoms with Crippen molar-refractivity contribution in [2.75, 3.05) is 19.7 Å². The van der Waals surface area contributed by atoms with Gasteiger partial charge in [0.2, 0.25) is 0 Å². The van der Waals surface area contributed by atoms with Crippen LogP contribution in [0.25, 0.3) is 0 Å². The fraction of sp³-hybridized carbons (Fsp3) is 0.625. The Hall–Kier alpha value is -1.62. The maximum absolute atomic E-state index is 12.0. The van der Waals surface area contributed by atoms with E-state index in [2.05, 4.69) is 4.98 Å². The third-order valence-corrected chi connectivity index (χ3v) is 3.27. The first-order valence-corrected chi connectivity index (χ1v) is 7.39. The highest BCUT2D eigenvalue weighted by molar-refractivity contribution is 5.68. The van der Waals surface area contributed by atoms with Crippen LogP contribution in [0.5, 0.6) is 0 Å². The Morgan fingerprint density at radius 1 is 1.43 bits per heavy atom. The summed E-state index contributed by atoms with van der Waals surface area (Å²) in [6, 6.07) is 5.78. The molecule has 0 radical (unpaired) electrons. The molecule has 0 bridgehead atoms. The first kappa shape index (κ1) is 15.8. The van der Waals surface area contributed by atoms with Gasteiger partial charge in [-0.1, -0.05) is 6.07 Å². The third kappa shape index (κ3) is 5.34. The lowest BCUT2D eigenvalue weighted by molar-refractivity contribution is 0.0271. The van der Waals surface area contributed by atoms with E-state index in [9.17, 15) is 4.79 Å². The number of hydrogen-bond donors (Lipinski definition) is 0. The van der Waals surface area contributed by atoms with Gasteiger partial charge in [-0.05, 0) is 39.3 Å². The molecule has 2 rings (SSSR count). The Morgan fingerprint density at radius 2 is 2.24 bits per heavy atom. The molecule has 1 aliphatic rings. The van der Waals surface area contributed by atoms with E-state index >= 15 is 0 Å². The van der Waals surface area contributed by atoms with Crippen LogP contribution in [0.3, 0.4) is 0 Å². The zero-order valence-corrected chi connectivity index (χ0v) is 13.0. The Bertz CT molecular complexity index is 456. The van der Waals surface area contributed by atoms with Crippen molar-refractivity contribution in [3.8, 4) is 0 Å². The second kappa shape index (κ2) is 6.89. The number of pyridine rings is 1. The average molecular weight is 292 g/mol. The number of aromatic nitrogens is 1. The van der Waals surface area contributed by atoms with Gasteiger partial charge in [-0.3, -0.25) is 4.98 Å². The quantitative estimate of drug-likeness (QED) is 0.856. The van der Waals surface area contributed by atoms with E-state index in [0.717, 1.165) is 18.7 Å². The van der Waals surface area contributed by atoms with Gasteiger partial charge in [0.05, 0.1) is 18.9 Å². The molecule has 1 atom stereocenters. The Labute approximate surface area is 126 Å². The van der Waals surface area contributed by atoms with E-state index in [-0.39, 0.29) is 6.09 Å². The molecule has 21 heavy (non-hydrogen) atoms. The molecular weight excluding hydrogens is 268 g/mol. The maximum Gasteiger partial charge on any atom is 0.410 e. The second-order valence-electron chi connectivity index (χ2n) is 6.42. The van der Waals surface area contributed by atoms with Crippen molar-refractivity contribution < 1.29 is 14.3 Å². The smallest absolute Gasteiger partial charge is 0.410 e. The summed E-state index contributed by atoms with van der Waals surface area (Å²) in [4.78, 5) is 17.9. The molecular formula is C16H24N2O3. The topological polar surface area (TPSA) is 51.7 Å². The lowest BCUT2D eigenvalue weighted by atomic mass is 10.1. The molecule has 5 heteroatoms. The van der Waals surface area contributed by atoms with Crippen LogP contribution in [0, 0.1) is 5.92 Å². The number of hydrogen-bond acceptors (Lipinski definition) is 4. The molecule has 1 saturated heterocycles. The molecule has 0 unspecified atom stereocenters. The standard InChI is InChI=1S/C16H24N2O3/c1-16(2,3)21-15(19)18-9-7-13(10-18)11-20-12-14-6-4-5-8-17-14/h4-6,8,13H,7,9-12H2,1-3H3/t13-/m1/s1. The number of ether oxygens (including phenoxy) is 2. The maximum atomic E-state index is 12.0. The minimum Gasteiger partial charge on any atom is -0.444 e. The lowest BCUT2D eigenvalue weighted by Crippen LogP contribution is -2.35. The fourth-order valence-electron chi connectivity index (χ4n) is 2.27. The SMILES string of the molecule is CC(C)(C)OC(=O)N1CC[C@@H](COCc2ccccn2)C1. The van der Waals surface area contributed by atoms with E-state index in [0.29, 0.717) is 25.7 Å². The van der Waals surface area contributed by atoms with Crippen molar-refractivity contribution in [2.24, 2.45) is 5.92 Å². The summed E-state index contributed by atoms with van der Waals surface area (Å²) < 4.78 is 11.1. The minimum absolute atomic E-state index is 0.227. The summed E-state index contributed by atoms with van der Waals surface area (Å²) in [6.07, 6.45) is 2.50. The van der Waals surface area contributed by atoms with Gasteiger partial charge >= 0.3 is 6.09 Å². The summed E-state index contributed by atoms with van der Waals surface area (Å²) in [5.41, 5.74) is 0.490. The van der Waals surface area contributed by atoms with Crippen molar-refractivity contribution in [3.05, 3.63) is 30.1 Å². The summed E-state index contributed by atoms with van der Waals surface area (Å²) in [5.74, 6) is 0.376.